The molecule has 4 heteroatoms. The van der Waals surface area contributed by atoms with Crippen LogP contribution in [0.5, 0.6) is 0 Å². The molecule has 1 aliphatic heterocycles. The Morgan fingerprint density at radius 2 is 1.67 bits per heavy atom. The van der Waals surface area contributed by atoms with Crippen LogP contribution in [0.2, 0.25) is 0 Å². The van der Waals surface area contributed by atoms with Gasteiger partial charge in [-0.25, -0.2) is 0 Å². The van der Waals surface area contributed by atoms with E-state index in [0.29, 0.717) is 6.54 Å². The van der Waals surface area contributed by atoms with Crippen LogP contribution in [0.15, 0.2) is 0 Å². The first-order chi connectivity index (χ1) is 6.95. The van der Waals surface area contributed by atoms with Crippen molar-refractivity contribution < 1.29 is 14.4 Å². The van der Waals surface area contributed by atoms with Crippen LogP contribution < -0.4 is 0 Å². The second-order valence-electron chi connectivity index (χ2n) is 4.12. The Morgan fingerprint density at radius 1 is 1.13 bits per heavy atom. The molecule has 0 bridgehead atoms. The Morgan fingerprint density at radius 3 is 2.07 bits per heavy atom. The number of carbonyl (C=O) groups excluding carboxylic acids is 3. The molecule has 0 aliphatic carbocycles. The van der Waals surface area contributed by atoms with Gasteiger partial charge < -0.3 is 4.90 Å². The zero-order valence-corrected chi connectivity index (χ0v) is 9.45. The summed E-state index contributed by atoms with van der Waals surface area (Å²) in [5.41, 5.74) is 0. The quantitative estimate of drug-likeness (QED) is 0.648. The van der Waals surface area contributed by atoms with E-state index in [1.165, 1.54) is 20.8 Å². The Bertz CT molecular complexity index is 284. The molecule has 1 amide bonds. The van der Waals surface area contributed by atoms with Crippen molar-refractivity contribution in [1.29, 1.82) is 0 Å². The standard InChI is InChI=1S/C11H17NO3/c1-7(13)11(8(2)14)10-5-4-6-12(10)9(3)15/h10-11H,4-6H2,1-3H3. The van der Waals surface area contributed by atoms with E-state index in [9.17, 15) is 14.4 Å². The fourth-order valence-electron chi connectivity index (χ4n) is 2.36. The van der Waals surface area contributed by atoms with Crippen molar-refractivity contribution in [1.82, 2.24) is 4.90 Å². The Hall–Kier alpha value is -1.19. The molecule has 1 heterocycles. The van der Waals surface area contributed by atoms with Gasteiger partial charge in [0.25, 0.3) is 0 Å². The van der Waals surface area contributed by atoms with Gasteiger partial charge in [-0.05, 0) is 26.7 Å². The van der Waals surface area contributed by atoms with Crippen molar-refractivity contribution in [3.05, 3.63) is 0 Å². The van der Waals surface area contributed by atoms with E-state index in [-0.39, 0.29) is 23.5 Å². The van der Waals surface area contributed by atoms with Crippen LogP contribution in [0.4, 0.5) is 0 Å². The first-order valence-corrected chi connectivity index (χ1v) is 5.23. The third-order valence-corrected chi connectivity index (χ3v) is 2.96. The summed E-state index contributed by atoms with van der Waals surface area (Å²) < 4.78 is 0. The predicted molar refractivity (Wildman–Crippen MR) is 55.3 cm³/mol. The van der Waals surface area contributed by atoms with Crippen LogP contribution in [0.1, 0.15) is 33.6 Å². The van der Waals surface area contributed by atoms with Crippen molar-refractivity contribution in [3.63, 3.8) is 0 Å². The number of ketones is 2. The van der Waals surface area contributed by atoms with Crippen molar-refractivity contribution in [3.8, 4) is 0 Å². The number of Topliss-reactive ketones (excluding diaryl/α,β-unsaturated/α-hetero) is 2. The molecule has 4 nitrogen and oxygen atoms in total. The molecular weight excluding hydrogens is 194 g/mol. The minimum absolute atomic E-state index is 0.0509. The maximum Gasteiger partial charge on any atom is 0.219 e. The van der Waals surface area contributed by atoms with Crippen molar-refractivity contribution in [2.45, 2.75) is 39.7 Å². The lowest BCUT2D eigenvalue weighted by Gasteiger charge is -2.27. The van der Waals surface area contributed by atoms with Gasteiger partial charge in [-0.2, -0.15) is 0 Å². The molecule has 1 unspecified atom stereocenters. The second-order valence-corrected chi connectivity index (χ2v) is 4.12. The van der Waals surface area contributed by atoms with Gasteiger partial charge in [0.1, 0.15) is 11.6 Å². The largest absolute Gasteiger partial charge is 0.339 e. The highest BCUT2D eigenvalue weighted by atomic mass is 16.2. The van der Waals surface area contributed by atoms with Crippen LogP contribution in [0.3, 0.4) is 0 Å². The molecule has 1 rings (SSSR count). The average Bonchev–Trinajstić information content (AvgIpc) is 2.51. The van der Waals surface area contributed by atoms with Crippen LogP contribution >= 0.6 is 0 Å². The highest BCUT2D eigenvalue weighted by Crippen LogP contribution is 2.25. The van der Waals surface area contributed by atoms with Gasteiger partial charge in [-0.3, -0.25) is 14.4 Å². The van der Waals surface area contributed by atoms with Crippen LogP contribution in [-0.2, 0) is 14.4 Å². The molecule has 0 spiro atoms. The maximum atomic E-state index is 11.4. The summed E-state index contributed by atoms with van der Waals surface area (Å²) in [5, 5.41) is 0. The predicted octanol–water partition coefficient (Wildman–Crippen LogP) is 0.791. The first kappa shape index (κ1) is 11.9. The normalized spacial score (nSPS) is 20.8. The topological polar surface area (TPSA) is 54.5 Å². The highest BCUT2D eigenvalue weighted by Gasteiger charge is 2.37. The van der Waals surface area contributed by atoms with E-state index in [0.717, 1.165) is 12.8 Å². The molecule has 1 aliphatic rings. The number of carbonyl (C=O) groups is 3. The van der Waals surface area contributed by atoms with E-state index in [2.05, 4.69) is 0 Å². The third kappa shape index (κ3) is 2.43. The van der Waals surface area contributed by atoms with Crippen molar-refractivity contribution >= 4 is 17.5 Å². The second kappa shape index (κ2) is 4.55. The summed E-state index contributed by atoms with van der Waals surface area (Å²) in [4.78, 5) is 35.7. The summed E-state index contributed by atoms with van der Waals surface area (Å²) in [6.45, 7) is 4.98. The molecule has 0 saturated carbocycles. The Balaban J connectivity index is 2.88. The summed E-state index contributed by atoms with van der Waals surface area (Å²) in [5.74, 6) is -0.956. The van der Waals surface area contributed by atoms with Gasteiger partial charge >= 0.3 is 0 Å². The van der Waals surface area contributed by atoms with Gasteiger partial charge in [-0.1, -0.05) is 0 Å². The summed E-state index contributed by atoms with van der Waals surface area (Å²) in [7, 11) is 0. The van der Waals surface area contributed by atoms with Crippen LogP contribution in [0.25, 0.3) is 0 Å². The summed E-state index contributed by atoms with van der Waals surface area (Å²) >= 11 is 0. The molecular formula is C11H17NO3. The molecule has 1 atom stereocenters. The van der Waals surface area contributed by atoms with Gasteiger partial charge in [0.05, 0.1) is 5.92 Å². The van der Waals surface area contributed by atoms with Crippen molar-refractivity contribution in [2.24, 2.45) is 5.92 Å². The zero-order valence-electron chi connectivity index (χ0n) is 9.45. The van der Waals surface area contributed by atoms with Gasteiger partial charge in [0.15, 0.2) is 0 Å². The molecule has 0 aromatic rings. The lowest BCUT2D eigenvalue weighted by molar-refractivity contribution is -0.136. The lowest BCUT2D eigenvalue weighted by atomic mass is 9.90. The number of likely N-dealkylation sites (tertiary alicyclic amines) is 1. The van der Waals surface area contributed by atoms with Gasteiger partial charge in [-0.15, -0.1) is 0 Å². The molecule has 0 aromatic heterocycles. The smallest absolute Gasteiger partial charge is 0.219 e. The molecule has 1 saturated heterocycles. The summed E-state index contributed by atoms with van der Waals surface area (Å²) in [6, 6.07) is -0.211. The van der Waals surface area contributed by atoms with E-state index in [4.69, 9.17) is 0 Å². The van der Waals surface area contributed by atoms with Gasteiger partial charge in [0.2, 0.25) is 5.91 Å². The van der Waals surface area contributed by atoms with Crippen LogP contribution in [-0.4, -0.2) is 35.0 Å². The Labute approximate surface area is 89.6 Å². The monoisotopic (exact) mass is 211 g/mol. The minimum Gasteiger partial charge on any atom is -0.339 e. The molecule has 0 aromatic carbocycles. The fraction of sp³-hybridized carbons (Fsp3) is 0.727. The van der Waals surface area contributed by atoms with E-state index in [1.807, 2.05) is 0 Å². The number of amides is 1. The third-order valence-electron chi connectivity index (χ3n) is 2.96. The highest BCUT2D eigenvalue weighted by molar-refractivity contribution is 6.01. The fourth-order valence-corrected chi connectivity index (χ4v) is 2.36. The van der Waals surface area contributed by atoms with E-state index < -0.39 is 5.92 Å². The molecule has 15 heavy (non-hydrogen) atoms. The van der Waals surface area contributed by atoms with Gasteiger partial charge in [0, 0.05) is 19.5 Å². The maximum absolute atomic E-state index is 11.4. The number of hydrogen-bond donors (Lipinski definition) is 0. The molecule has 0 radical (unpaired) electrons. The van der Waals surface area contributed by atoms with E-state index in [1.54, 1.807) is 4.90 Å². The van der Waals surface area contributed by atoms with Crippen LogP contribution in [0, 0.1) is 5.92 Å². The average molecular weight is 211 g/mol. The first-order valence-electron chi connectivity index (χ1n) is 5.23. The van der Waals surface area contributed by atoms with Crippen molar-refractivity contribution in [2.75, 3.05) is 6.54 Å². The number of rotatable bonds is 3. The van der Waals surface area contributed by atoms with E-state index >= 15 is 0 Å². The zero-order chi connectivity index (χ0) is 11.6. The number of nitrogens with zero attached hydrogens (tertiary/aromatic N) is 1. The minimum atomic E-state index is -0.628. The SMILES string of the molecule is CC(=O)C(C(C)=O)C1CCCN1C(C)=O. The molecule has 84 valence electrons. The summed E-state index contributed by atoms with van der Waals surface area (Å²) in [6.07, 6.45) is 1.63. The Kier molecular flexibility index (Phi) is 3.61. The lowest BCUT2D eigenvalue weighted by Crippen LogP contribution is -2.44. The molecule has 1 fully saturated rings. The molecule has 0 N–H and O–H groups in total. The number of hydrogen-bond acceptors (Lipinski definition) is 3.